The van der Waals surface area contributed by atoms with Gasteiger partial charge < -0.3 is 0 Å². The average molecular weight is 268 g/mol. The number of hydrogen-bond donors (Lipinski definition) is 0. The highest BCUT2D eigenvalue weighted by Crippen LogP contribution is 2.19. The van der Waals surface area contributed by atoms with Crippen LogP contribution in [0.4, 0.5) is 8.78 Å². The molecule has 18 heavy (non-hydrogen) atoms. The van der Waals surface area contributed by atoms with Gasteiger partial charge >= 0.3 is 0 Å². The molecule has 2 nitrogen and oxygen atoms in total. The summed E-state index contributed by atoms with van der Waals surface area (Å²) in [6.45, 7) is 0. The molecule has 0 saturated carbocycles. The van der Waals surface area contributed by atoms with Crippen molar-refractivity contribution < 1.29 is 13.6 Å². The molecule has 0 fully saturated rings. The Morgan fingerprint density at radius 2 is 2.06 bits per heavy atom. The van der Waals surface area contributed by atoms with Crippen LogP contribution in [0.15, 0.2) is 36.7 Å². The largest absolute Gasteiger partial charge is 0.294 e. The van der Waals surface area contributed by atoms with Crippen LogP contribution in [0.3, 0.4) is 0 Å². The highest BCUT2D eigenvalue weighted by molar-refractivity contribution is 6.31. The van der Waals surface area contributed by atoms with Crippen molar-refractivity contribution in [2.24, 2.45) is 0 Å². The second-order valence-corrected chi connectivity index (χ2v) is 4.10. The van der Waals surface area contributed by atoms with E-state index in [1.807, 2.05) is 0 Å². The molecule has 0 unspecified atom stereocenters. The number of ketones is 1. The first kappa shape index (κ1) is 12.6. The van der Waals surface area contributed by atoms with Crippen LogP contribution in [0.5, 0.6) is 0 Å². The van der Waals surface area contributed by atoms with E-state index in [0.717, 1.165) is 12.3 Å². The minimum atomic E-state index is -0.680. The first-order valence-corrected chi connectivity index (χ1v) is 5.52. The van der Waals surface area contributed by atoms with E-state index in [1.165, 1.54) is 24.4 Å². The van der Waals surface area contributed by atoms with Crippen LogP contribution in [0.1, 0.15) is 15.9 Å². The Hall–Kier alpha value is -1.81. The smallest absolute Gasteiger partial charge is 0.170 e. The summed E-state index contributed by atoms with van der Waals surface area (Å²) < 4.78 is 26.2. The summed E-state index contributed by atoms with van der Waals surface area (Å²) in [5.74, 6) is -1.59. The predicted molar refractivity (Wildman–Crippen MR) is 63.6 cm³/mol. The molecule has 0 N–H and O–H groups in total. The highest BCUT2D eigenvalue weighted by atomic mass is 35.5. The minimum Gasteiger partial charge on any atom is -0.294 e. The summed E-state index contributed by atoms with van der Waals surface area (Å²) in [5.41, 5.74) is 0.407. The van der Waals surface area contributed by atoms with E-state index < -0.39 is 17.4 Å². The molecule has 0 amide bonds. The van der Waals surface area contributed by atoms with Gasteiger partial charge in [-0.25, -0.2) is 8.78 Å². The fourth-order valence-corrected chi connectivity index (χ4v) is 1.77. The first-order chi connectivity index (χ1) is 8.58. The number of carbonyl (C=O) groups excluding carboxylic acids is 1. The molecule has 92 valence electrons. The maximum absolute atomic E-state index is 13.3. The van der Waals surface area contributed by atoms with Crippen LogP contribution in [-0.2, 0) is 6.42 Å². The summed E-state index contributed by atoms with van der Waals surface area (Å²) in [4.78, 5) is 15.4. The Labute approximate surface area is 107 Å². The molecule has 0 atom stereocenters. The standard InChI is InChI=1S/C13H8ClF2NO/c14-11-6-9(15)2-1-8(11)5-13(18)10-3-4-17-7-12(10)16/h1-4,6-7H,5H2. The van der Waals surface area contributed by atoms with Crippen molar-refractivity contribution in [2.45, 2.75) is 6.42 Å². The number of hydrogen-bond acceptors (Lipinski definition) is 2. The number of benzene rings is 1. The summed E-state index contributed by atoms with van der Waals surface area (Å²) in [6, 6.07) is 5.04. The van der Waals surface area contributed by atoms with Gasteiger partial charge in [0.2, 0.25) is 0 Å². The van der Waals surface area contributed by atoms with Crippen molar-refractivity contribution >= 4 is 17.4 Å². The topological polar surface area (TPSA) is 30.0 Å². The molecular formula is C13H8ClF2NO. The van der Waals surface area contributed by atoms with Gasteiger partial charge in [-0.1, -0.05) is 17.7 Å². The third kappa shape index (κ3) is 2.71. The molecule has 0 spiro atoms. The zero-order valence-electron chi connectivity index (χ0n) is 9.16. The summed E-state index contributed by atoms with van der Waals surface area (Å²) >= 11 is 5.80. The molecule has 0 aliphatic carbocycles. The van der Waals surface area contributed by atoms with E-state index in [4.69, 9.17) is 11.6 Å². The number of pyridine rings is 1. The van der Waals surface area contributed by atoms with E-state index >= 15 is 0 Å². The van der Waals surface area contributed by atoms with Crippen LogP contribution in [0, 0.1) is 11.6 Å². The van der Waals surface area contributed by atoms with Crippen LogP contribution in [-0.4, -0.2) is 10.8 Å². The van der Waals surface area contributed by atoms with Gasteiger partial charge in [0, 0.05) is 17.6 Å². The van der Waals surface area contributed by atoms with Crippen molar-refractivity contribution in [1.82, 2.24) is 4.98 Å². The number of carbonyl (C=O) groups is 1. The number of aromatic nitrogens is 1. The van der Waals surface area contributed by atoms with E-state index in [0.29, 0.717) is 5.56 Å². The maximum Gasteiger partial charge on any atom is 0.170 e. The van der Waals surface area contributed by atoms with Crippen LogP contribution < -0.4 is 0 Å². The molecule has 2 aromatic rings. The van der Waals surface area contributed by atoms with E-state index in [-0.39, 0.29) is 17.0 Å². The lowest BCUT2D eigenvalue weighted by molar-refractivity contribution is 0.0989. The van der Waals surface area contributed by atoms with Gasteiger partial charge in [-0.05, 0) is 23.8 Å². The third-order valence-electron chi connectivity index (χ3n) is 2.44. The van der Waals surface area contributed by atoms with Gasteiger partial charge in [-0.2, -0.15) is 0 Å². The lowest BCUT2D eigenvalue weighted by atomic mass is 10.0. The zero-order valence-corrected chi connectivity index (χ0v) is 9.92. The Kier molecular flexibility index (Phi) is 3.67. The summed E-state index contributed by atoms with van der Waals surface area (Å²) in [6.07, 6.45) is 2.22. The van der Waals surface area contributed by atoms with Crippen molar-refractivity contribution in [2.75, 3.05) is 0 Å². The predicted octanol–water partition coefficient (Wildman–Crippen LogP) is 3.44. The average Bonchev–Trinajstić information content (AvgIpc) is 2.33. The van der Waals surface area contributed by atoms with E-state index in [1.54, 1.807) is 0 Å². The van der Waals surface area contributed by atoms with Crippen molar-refractivity contribution in [3.63, 3.8) is 0 Å². The molecule has 0 aliphatic rings. The van der Waals surface area contributed by atoms with Gasteiger partial charge in [0.25, 0.3) is 0 Å². The molecule has 0 radical (unpaired) electrons. The normalized spacial score (nSPS) is 10.4. The van der Waals surface area contributed by atoms with Gasteiger partial charge in [0.05, 0.1) is 11.8 Å². The Bertz CT molecular complexity index is 601. The fourth-order valence-electron chi connectivity index (χ4n) is 1.53. The molecule has 0 saturated heterocycles. The SMILES string of the molecule is O=C(Cc1ccc(F)cc1Cl)c1ccncc1F. The van der Waals surface area contributed by atoms with Gasteiger partial charge in [0.15, 0.2) is 11.6 Å². The number of Topliss-reactive ketones (excluding diaryl/α,β-unsaturated/α-hetero) is 1. The lowest BCUT2D eigenvalue weighted by Gasteiger charge is -2.04. The van der Waals surface area contributed by atoms with Gasteiger partial charge in [-0.15, -0.1) is 0 Å². The quantitative estimate of drug-likeness (QED) is 0.798. The van der Waals surface area contributed by atoms with Crippen LogP contribution in [0.25, 0.3) is 0 Å². The minimum absolute atomic E-state index is 0.0506. The van der Waals surface area contributed by atoms with E-state index in [9.17, 15) is 13.6 Å². The lowest BCUT2D eigenvalue weighted by Crippen LogP contribution is -2.07. The number of nitrogens with zero attached hydrogens (tertiary/aromatic N) is 1. The summed E-state index contributed by atoms with van der Waals surface area (Å²) in [7, 11) is 0. The number of halogens is 3. The van der Waals surface area contributed by atoms with Crippen LogP contribution in [0.2, 0.25) is 5.02 Å². The van der Waals surface area contributed by atoms with Crippen molar-refractivity contribution in [1.29, 1.82) is 0 Å². The molecule has 1 aromatic carbocycles. The van der Waals surface area contributed by atoms with Gasteiger partial charge in [0.1, 0.15) is 5.82 Å². The Morgan fingerprint density at radius 1 is 1.28 bits per heavy atom. The highest BCUT2D eigenvalue weighted by Gasteiger charge is 2.14. The first-order valence-electron chi connectivity index (χ1n) is 5.14. The third-order valence-corrected chi connectivity index (χ3v) is 2.79. The molecule has 1 aromatic heterocycles. The molecule has 5 heteroatoms. The maximum atomic E-state index is 13.3. The fraction of sp³-hybridized carbons (Fsp3) is 0.0769. The second-order valence-electron chi connectivity index (χ2n) is 3.69. The zero-order chi connectivity index (χ0) is 13.1. The van der Waals surface area contributed by atoms with Crippen molar-refractivity contribution in [3.8, 4) is 0 Å². The Balaban J connectivity index is 2.24. The molecule has 0 bridgehead atoms. The van der Waals surface area contributed by atoms with Crippen molar-refractivity contribution in [3.05, 3.63) is 64.4 Å². The van der Waals surface area contributed by atoms with Crippen LogP contribution >= 0.6 is 11.6 Å². The molecule has 0 aliphatic heterocycles. The molecule has 1 heterocycles. The molecular weight excluding hydrogens is 260 g/mol. The summed E-state index contributed by atoms with van der Waals surface area (Å²) in [5, 5.41) is 0.151. The second kappa shape index (κ2) is 5.23. The monoisotopic (exact) mass is 267 g/mol. The van der Waals surface area contributed by atoms with E-state index in [2.05, 4.69) is 4.98 Å². The van der Waals surface area contributed by atoms with Gasteiger partial charge in [-0.3, -0.25) is 9.78 Å². The number of rotatable bonds is 3. The Morgan fingerprint density at radius 3 is 2.72 bits per heavy atom. The molecule has 2 rings (SSSR count).